The maximum absolute atomic E-state index is 13.1. The number of alkyl halides is 3. The standard InChI is InChI=1S/C29H24F3N5O3/c1-28(2,3)40-27(39)36-14-6-11-24(36)22-17-34-37-23(12-13-33-25(22)37)18-7-5-10-21(16-18)35-26(38)19-8-4-9-20(15-19)29(30,31)32/h4-17H,1-3H3,(H,35,38). The van der Waals surface area contributed by atoms with Gasteiger partial charge in [-0.3, -0.25) is 9.36 Å². The zero-order chi connectivity index (χ0) is 28.7. The zero-order valence-corrected chi connectivity index (χ0v) is 21.7. The number of benzene rings is 2. The van der Waals surface area contributed by atoms with Gasteiger partial charge in [-0.25, -0.2) is 14.3 Å². The van der Waals surface area contributed by atoms with Gasteiger partial charge in [0.05, 0.1) is 28.7 Å². The molecule has 3 aromatic heterocycles. The molecule has 0 saturated carbocycles. The van der Waals surface area contributed by atoms with Crippen LogP contribution in [0, 0.1) is 0 Å². The minimum atomic E-state index is -4.56. The van der Waals surface area contributed by atoms with E-state index in [0.717, 1.165) is 12.1 Å². The molecular formula is C29H24F3N5O3. The van der Waals surface area contributed by atoms with Gasteiger partial charge in [0.25, 0.3) is 5.91 Å². The van der Waals surface area contributed by atoms with Crippen LogP contribution in [0.3, 0.4) is 0 Å². The van der Waals surface area contributed by atoms with Gasteiger partial charge in [0, 0.05) is 29.2 Å². The lowest BCUT2D eigenvalue weighted by Gasteiger charge is -2.20. The number of carbonyl (C=O) groups excluding carboxylic acids is 2. The second kappa shape index (κ2) is 9.99. The number of amides is 1. The highest BCUT2D eigenvalue weighted by Gasteiger charge is 2.31. The maximum atomic E-state index is 13.1. The molecule has 5 rings (SSSR count). The summed E-state index contributed by atoms with van der Waals surface area (Å²) in [5, 5.41) is 7.15. The number of carbonyl (C=O) groups is 2. The molecule has 0 aliphatic rings. The number of hydrogen-bond acceptors (Lipinski definition) is 5. The average molecular weight is 548 g/mol. The van der Waals surface area contributed by atoms with Crippen LogP contribution in [0.25, 0.3) is 28.2 Å². The number of aromatic nitrogens is 4. The van der Waals surface area contributed by atoms with Crippen molar-refractivity contribution in [2.45, 2.75) is 32.5 Å². The van der Waals surface area contributed by atoms with Gasteiger partial charge < -0.3 is 10.1 Å². The van der Waals surface area contributed by atoms with E-state index in [2.05, 4.69) is 15.4 Å². The second-order valence-corrected chi connectivity index (χ2v) is 9.98. The van der Waals surface area contributed by atoms with E-state index in [0.29, 0.717) is 33.8 Å². The van der Waals surface area contributed by atoms with E-state index in [9.17, 15) is 22.8 Å². The van der Waals surface area contributed by atoms with Crippen molar-refractivity contribution in [3.05, 3.63) is 96.4 Å². The van der Waals surface area contributed by atoms with E-state index < -0.39 is 29.3 Å². The first kappa shape index (κ1) is 26.7. The Kier molecular flexibility index (Phi) is 6.66. The van der Waals surface area contributed by atoms with Crippen LogP contribution >= 0.6 is 0 Å². The van der Waals surface area contributed by atoms with Gasteiger partial charge in [-0.15, -0.1) is 0 Å². The molecule has 1 N–H and O–H groups in total. The van der Waals surface area contributed by atoms with Crippen LogP contribution in [0.1, 0.15) is 36.7 Å². The van der Waals surface area contributed by atoms with E-state index in [1.807, 2.05) is 0 Å². The van der Waals surface area contributed by atoms with Crippen molar-refractivity contribution in [1.82, 2.24) is 19.2 Å². The average Bonchev–Trinajstić information content (AvgIpc) is 3.54. The van der Waals surface area contributed by atoms with Crippen molar-refractivity contribution in [1.29, 1.82) is 0 Å². The Morgan fingerprint density at radius 1 is 0.925 bits per heavy atom. The van der Waals surface area contributed by atoms with E-state index in [-0.39, 0.29) is 5.56 Å². The van der Waals surface area contributed by atoms with E-state index in [4.69, 9.17) is 4.74 Å². The molecule has 8 nitrogen and oxygen atoms in total. The summed E-state index contributed by atoms with van der Waals surface area (Å²) < 4.78 is 47.7. The third kappa shape index (κ3) is 5.44. The predicted octanol–water partition coefficient (Wildman–Crippen LogP) is 6.92. The summed E-state index contributed by atoms with van der Waals surface area (Å²) in [4.78, 5) is 29.9. The molecule has 40 heavy (non-hydrogen) atoms. The van der Waals surface area contributed by atoms with Gasteiger partial charge in [-0.1, -0.05) is 18.2 Å². The Labute approximate surface area is 227 Å². The third-order valence-electron chi connectivity index (χ3n) is 5.88. The number of rotatable bonds is 4. The van der Waals surface area contributed by atoms with Crippen molar-refractivity contribution in [3.8, 4) is 22.5 Å². The van der Waals surface area contributed by atoms with Gasteiger partial charge in [0.15, 0.2) is 5.65 Å². The highest BCUT2D eigenvalue weighted by atomic mass is 19.4. The molecule has 5 aromatic rings. The molecule has 11 heteroatoms. The lowest BCUT2D eigenvalue weighted by Crippen LogP contribution is -2.27. The molecule has 0 fully saturated rings. The molecule has 0 spiro atoms. The lowest BCUT2D eigenvalue weighted by atomic mass is 10.1. The predicted molar refractivity (Wildman–Crippen MR) is 143 cm³/mol. The van der Waals surface area contributed by atoms with Gasteiger partial charge in [0.2, 0.25) is 0 Å². The van der Waals surface area contributed by atoms with Gasteiger partial charge >= 0.3 is 12.3 Å². The molecule has 0 aliphatic heterocycles. The topological polar surface area (TPSA) is 90.5 Å². The number of nitrogens with zero attached hydrogens (tertiary/aromatic N) is 4. The number of nitrogens with one attached hydrogen (secondary N) is 1. The van der Waals surface area contributed by atoms with Gasteiger partial charge in [-0.2, -0.15) is 18.3 Å². The van der Waals surface area contributed by atoms with Crippen LogP contribution in [-0.4, -0.2) is 36.8 Å². The van der Waals surface area contributed by atoms with Crippen molar-refractivity contribution < 1.29 is 27.5 Å². The van der Waals surface area contributed by atoms with Gasteiger partial charge in [-0.05, 0) is 69.3 Å². The maximum Gasteiger partial charge on any atom is 0.418 e. The van der Waals surface area contributed by atoms with Crippen LogP contribution < -0.4 is 5.32 Å². The molecule has 0 aliphatic carbocycles. The van der Waals surface area contributed by atoms with Crippen LogP contribution in [0.5, 0.6) is 0 Å². The molecule has 0 radical (unpaired) electrons. The number of ether oxygens (including phenoxy) is 1. The molecule has 0 atom stereocenters. The normalized spacial score (nSPS) is 11.9. The molecule has 3 heterocycles. The van der Waals surface area contributed by atoms with E-state index in [1.54, 1.807) is 86.3 Å². The Morgan fingerprint density at radius 2 is 1.70 bits per heavy atom. The highest BCUT2D eigenvalue weighted by molar-refractivity contribution is 6.04. The van der Waals surface area contributed by atoms with Crippen molar-refractivity contribution in [2.75, 3.05) is 5.32 Å². The Bertz CT molecular complexity index is 1730. The second-order valence-electron chi connectivity index (χ2n) is 9.98. The summed E-state index contributed by atoms with van der Waals surface area (Å²) in [6.07, 6.45) is -0.286. The first-order valence-corrected chi connectivity index (χ1v) is 12.2. The van der Waals surface area contributed by atoms with E-state index in [1.165, 1.54) is 16.7 Å². The van der Waals surface area contributed by atoms with Crippen molar-refractivity contribution in [3.63, 3.8) is 0 Å². The summed E-state index contributed by atoms with van der Waals surface area (Å²) in [6.45, 7) is 5.36. The number of anilines is 1. The van der Waals surface area contributed by atoms with Crippen molar-refractivity contribution >= 4 is 23.3 Å². The number of fused-ring (bicyclic) bond motifs is 1. The zero-order valence-electron chi connectivity index (χ0n) is 21.7. The van der Waals surface area contributed by atoms with Crippen molar-refractivity contribution in [2.24, 2.45) is 0 Å². The first-order valence-electron chi connectivity index (χ1n) is 12.2. The molecule has 0 unspecified atom stereocenters. The Balaban J connectivity index is 1.45. The fourth-order valence-corrected chi connectivity index (χ4v) is 4.16. The fraction of sp³-hybridized carbons (Fsp3) is 0.172. The summed E-state index contributed by atoms with van der Waals surface area (Å²) in [5.41, 5.74) is 1.65. The van der Waals surface area contributed by atoms with E-state index >= 15 is 0 Å². The number of halogens is 3. The molecule has 0 bridgehead atoms. The smallest absolute Gasteiger partial charge is 0.418 e. The quantitative estimate of drug-likeness (QED) is 0.264. The first-order chi connectivity index (χ1) is 18.9. The third-order valence-corrected chi connectivity index (χ3v) is 5.88. The summed E-state index contributed by atoms with van der Waals surface area (Å²) >= 11 is 0. The summed E-state index contributed by atoms with van der Waals surface area (Å²) in [5.74, 6) is -0.674. The van der Waals surface area contributed by atoms with Crippen LogP contribution in [0.4, 0.5) is 23.7 Å². The minimum Gasteiger partial charge on any atom is -0.443 e. The van der Waals surface area contributed by atoms with Crippen LogP contribution in [0.15, 0.2) is 85.3 Å². The fourth-order valence-electron chi connectivity index (χ4n) is 4.16. The Hall–Kier alpha value is -4.93. The number of hydrogen-bond donors (Lipinski definition) is 1. The molecule has 2 aromatic carbocycles. The molecular weight excluding hydrogens is 523 g/mol. The van der Waals surface area contributed by atoms with Crippen LogP contribution in [0.2, 0.25) is 0 Å². The SMILES string of the molecule is CC(C)(C)OC(=O)n1cccc1-c1cnn2c(-c3cccc(NC(=O)c4cccc(C(F)(F)F)c4)c3)ccnc12. The summed E-state index contributed by atoms with van der Waals surface area (Å²) in [6, 6.07) is 16.3. The lowest BCUT2D eigenvalue weighted by molar-refractivity contribution is -0.137. The molecule has 0 saturated heterocycles. The molecule has 1 amide bonds. The Morgan fingerprint density at radius 3 is 2.45 bits per heavy atom. The van der Waals surface area contributed by atoms with Gasteiger partial charge in [0.1, 0.15) is 5.60 Å². The van der Waals surface area contributed by atoms with Crippen LogP contribution in [-0.2, 0) is 10.9 Å². The monoisotopic (exact) mass is 547 g/mol. The highest BCUT2D eigenvalue weighted by Crippen LogP contribution is 2.31. The molecule has 204 valence electrons. The summed E-state index contributed by atoms with van der Waals surface area (Å²) in [7, 11) is 0. The largest absolute Gasteiger partial charge is 0.443 e. The minimum absolute atomic E-state index is 0.115.